The number of ether oxygens (including phenoxy) is 1. The SMILES string of the molecule is CCC(C)(CNC(=O)OCC1c2ccccc2-c2ccccc21)C(=O)N(C)C1CC(C(=O)O)C1. The lowest BCUT2D eigenvalue weighted by Gasteiger charge is -2.42. The predicted molar refractivity (Wildman–Crippen MR) is 128 cm³/mol. The predicted octanol–water partition coefficient (Wildman–Crippen LogP) is 4.26. The lowest BCUT2D eigenvalue weighted by atomic mass is 9.77. The Morgan fingerprint density at radius 1 is 1.06 bits per heavy atom. The van der Waals surface area contributed by atoms with Gasteiger partial charge in [0.2, 0.25) is 5.91 Å². The van der Waals surface area contributed by atoms with Crippen molar-refractivity contribution < 1.29 is 24.2 Å². The van der Waals surface area contributed by atoms with Gasteiger partial charge in [0.05, 0.1) is 11.3 Å². The third-order valence-corrected chi connectivity index (χ3v) is 7.59. The Kier molecular flexibility index (Phi) is 6.64. The number of nitrogens with zero attached hydrogens (tertiary/aromatic N) is 1. The Bertz CT molecular complexity index is 1050. The summed E-state index contributed by atoms with van der Waals surface area (Å²) in [6.45, 7) is 4.10. The van der Waals surface area contributed by atoms with Crippen LogP contribution in [0.4, 0.5) is 4.79 Å². The topological polar surface area (TPSA) is 95.9 Å². The first kappa shape index (κ1) is 23.8. The molecule has 34 heavy (non-hydrogen) atoms. The number of carbonyl (C=O) groups excluding carboxylic acids is 2. The van der Waals surface area contributed by atoms with E-state index in [1.165, 1.54) is 11.1 Å². The summed E-state index contributed by atoms with van der Waals surface area (Å²) in [6.07, 6.45) is 0.926. The van der Waals surface area contributed by atoms with Crippen molar-refractivity contribution in [2.75, 3.05) is 20.2 Å². The van der Waals surface area contributed by atoms with Gasteiger partial charge < -0.3 is 20.1 Å². The van der Waals surface area contributed by atoms with E-state index in [9.17, 15) is 14.4 Å². The highest BCUT2D eigenvalue weighted by Crippen LogP contribution is 2.44. The molecule has 1 unspecified atom stereocenters. The third kappa shape index (κ3) is 4.39. The van der Waals surface area contributed by atoms with Crippen molar-refractivity contribution in [1.29, 1.82) is 0 Å². The Balaban J connectivity index is 1.33. The molecule has 7 heteroatoms. The molecule has 0 aliphatic heterocycles. The molecule has 2 amide bonds. The van der Waals surface area contributed by atoms with Crippen molar-refractivity contribution >= 4 is 18.0 Å². The average Bonchev–Trinajstić information content (AvgIpc) is 3.13. The average molecular weight is 465 g/mol. The number of rotatable bonds is 8. The van der Waals surface area contributed by atoms with Gasteiger partial charge in [-0.25, -0.2) is 4.79 Å². The van der Waals surface area contributed by atoms with Crippen LogP contribution in [0, 0.1) is 11.3 Å². The second-order valence-electron chi connectivity index (χ2n) is 9.67. The summed E-state index contributed by atoms with van der Waals surface area (Å²) in [5.41, 5.74) is 3.83. The van der Waals surface area contributed by atoms with Gasteiger partial charge in [0.1, 0.15) is 6.61 Å². The summed E-state index contributed by atoms with van der Waals surface area (Å²) in [5, 5.41) is 11.9. The van der Waals surface area contributed by atoms with Gasteiger partial charge in [-0.05, 0) is 48.4 Å². The number of carboxylic acids is 1. The number of hydrogen-bond acceptors (Lipinski definition) is 4. The number of carbonyl (C=O) groups is 3. The molecule has 180 valence electrons. The minimum absolute atomic E-state index is 0.0238. The zero-order valence-electron chi connectivity index (χ0n) is 19.9. The molecule has 2 aliphatic rings. The van der Waals surface area contributed by atoms with Crippen LogP contribution >= 0.6 is 0 Å². The number of benzene rings is 2. The maximum Gasteiger partial charge on any atom is 0.407 e. The number of fused-ring (bicyclic) bond motifs is 3. The zero-order valence-corrected chi connectivity index (χ0v) is 19.9. The van der Waals surface area contributed by atoms with Crippen LogP contribution in [0.2, 0.25) is 0 Å². The fourth-order valence-corrected chi connectivity index (χ4v) is 4.97. The van der Waals surface area contributed by atoms with E-state index >= 15 is 0 Å². The van der Waals surface area contributed by atoms with Crippen molar-refractivity contribution in [1.82, 2.24) is 10.2 Å². The number of carboxylic acid groups (broad SMARTS) is 1. The molecule has 1 fully saturated rings. The molecule has 0 bridgehead atoms. The van der Waals surface area contributed by atoms with Crippen LogP contribution in [0.3, 0.4) is 0 Å². The van der Waals surface area contributed by atoms with Crippen LogP contribution in [0.25, 0.3) is 11.1 Å². The first-order valence-electron chi connectivity index (χ1n) is 11.8. The third-order valence-electron chi connectivity index (χ3n) is 7.59. The maximum absolute atomic E-state index is 13.1. The molecule has 7 nitrogen and oxygen atoms in total. The summed E-state index contributed by atoms with van der Waals surface area (Å²) in [7, 11) is 1.71. The molecule has 1 saturated carbocycles. The van der Waals surface area contributed by atoms with Gasteiger partial charge >= 0.3 is 12.1 Å². The molecular weight excluding hydrogens is 432 g/mol. The minimum Gasteiger partial charge on any atom is -0.481 e. The fraction of sp³-hybridized carbons (Fsp3) is 0.444. The molecule has 2 aromatic rings. The normalized spacial score (nSPS) is 20.3. The molecule has 2 aliphatic carbocycles. The Hall–Kier alpha value is -3.35. The first-order valence-corrected chi connectivity index (χ1v) is 11.8. The molecule has 0 radical (unpaired) electrons. The number of hydrogen-bond donors (Lipinski definition) is 2. The van der Waals surface area contributed by atoms with E-state index in [0.29, 0.717) is 19.3 Å². The van der Waals surface area contributed by atoms with Crippen molar-refractivity contribution in [2.45, 2.75) is 45.1 Å². The molecule has 2 N–H and O–H groups in total. The highest BCUT2D eigenvalue weighted by Gasteiger charge is 2.43. The highest BCUT2D eigenvalue weighted by atomic mass is 16.5. The molecule has 0 saturated heterocycles. The van der Waals surface area contributed by atoms with Crippen molar-refractivity contribution in [3.05, 3.63) is 59.7 Å². The smallest absolute Gasteiger partial charge is 0.407 e. The van der Waals surface area contributed by atoms with Crippen LogP contribution in [-0.2, 0) is 14.3 Å². The molecular formula is C27H32N2O5. The Morgan fingerprint density at radius 3 is 2.15 bits per heavy atom. The zero-order chi connectivity index (χ0) is 24.5. The van der Waals surface area contributed by atoms with E-state index in [2.05, 4.69) is 29.6 Å². The van der Waals surface area contributed by atoms with E-state index in [-0.39, 0.29) is 36.9 Å². The highest BCUT2D eigenvalue weighted by molar-refractivity contribution is 5.84. The van der Waals surface area contributed by atoms with Crippen molar-refractivity contribution in [3.63, 3.8) is 0 Å². The van der Waals surface area contributed by atoms with Gasteiger partial charge in [0.25, 0.3) is 0 Å². The number of amides is 2. The van der Waals surface area contributed by atoms with Crippen molar-refractivity contribution in [2.24, 2.45) is 11.3 Å². The lowest BCUT2D eigenvalue weighted by Crippen LogP contribution is -2.54. The van der Waals surface area contributed by atoms with E-state index in [1.807, 2.05) is 38.1 Å². The molecule has 2 aromatic carbocycles. The van der Waals surface area contributed by atoms with Crippen molar-refractivity contribution in [3.8, 4) is 11.1 Å². The first-order chi connectivity index (χ1) is 16.2. The van der Waals surface area contributed by atoms with Gasteiger partial charge in [-0.1, -0.05) is 55.5 Å². The van der Waals surface area contributed by atoms with Crippen LogP contribution in [0.5, 0.6) is 0 Å². The summed E-state index contributed by atoms with van der Waals surface area (Å²) in [6, 6.07) is 16.2. The molecule has 0 spiro atoms. The fourth-order valence-electron chi connectivity index (χ4n) is 4.97. The van der Waals surface area contributed by atoms with E-state index < -0.39 is 17.5 Å². The van der Waals surface area contributed by atoms with Gasteiger partial charge in [0.15, 0.2) is 0 Å². The van der Waals surface area contributed by atoms with E-state index in [4.69, 9.17) is 9.84 Å². The van der Waals surface area contributed by atoms with Crippen LogP contribution < -0.4 is 5.32 Å². The summed E-state index contributed by atoms with van der Waals surface area (Å²) < 4.78 is 5.60. The second-order valence-corrected chi connectivity index (χ2v) is 9.67. The molecule has 0 aromatic heterocycles. The van der Waals surface area contributed by atoms with Gasteiger partial charge in [-0.15, -0.1) is 0 Å². The Labute approximate surface area is 200 Å². The van der Waals surface area contributed by atoms with Gasteiger partial charge in [-0.2, -0.15) is 0 Å². The van der Waals surface area contributed by atoms with E-state index in [0.717, 1.165) is 11.1 Å². The summed E-state index contributed by atoms with van der Waals surface area (Å²) >= 11 is 0. The van der Waals surface area contributed by atoms with Crippen LogP contribution in [0.1, 0.15) is 50.2 Å². The summed E-state index contributed by atoms with van der Waals surface area (Å²) in [4.78, 5) is 38.4. The van der Waals surface area contributed by atoms with E-state index in [1.54, 1.807) is 11.9 Å². The molecule has 0 heterocycles. The molecule has 1 atom stereocenters. The molecule has 4 rings (SSSR count). The largest absolute Gasteiger partial charge is 0.481 e. The Morgan fingerprint density at radius 2 is 1.62 bits per heavy atom. The maximum atomic E-state index is 13.1. The quantitative estimate of drug-likeness (QED) is 0.609. The number of aliphatic carboxylic acids is 1. The van der Waals surface area contributed by atoms with Gasteiger partial charge in [-0.3, -0.25) is 9.59 Å². The second kappa shape index (κ2) is 9.49. The monoisotopic (exact) mass is 464 g/mol. The van der Waals surface area contributed by atoms with Crippen LogP contribution in [0.15, 0.2) is 48.5 Å². The minimum atomic E-state index is -0.813. The lowest BCUT2D eigenvalue weighted by molar-refractivity contribution is -0.153. The number of alkyl carbamates (subject to hydrolysis) is 1. The van der Waals surface area contributed by atoms with Gasteiger partial charge in [0, 0.05) is 25.6 Å². The standard InChI is InChI=1S/C27H32N2O5/c1-4-27(2,25(32)29(3)18-13-17(14-18)24(30)31)16-28-26(33)34-15-23-21-11-7-5-9-19(21)20-10-6-8-12-22(20)23/h5-12,17-18,23H,4,13-16H2,1-3H3,(H,28,33)(H,30,31). The number of nitrogens with one attached hydrogen (secondary N) is 1. The summed E-state index contributed by atoms with van der Waals surface area (Å²) in [5.74, 6) is -1.31. The van der Waals surface area contributed by atoms with Crippen LogP contribution in [-0.4, -0.2) is 54.2 Å².